The van der Waals surface area contributed by atoms with Crippen LogP contribution in [0.4, 0.5) is 0 Å². The first-order valence-corrected chi connectivity index (χ1v) is 12.0. The van der Waals surface area contributed by atoms with Gasteiger partial charge in [0.05, 0.1) is 0 Å². The zero-order valence-electron chi connectivity index (χ0n) is 19.0. The van der Waals surface area contributed by atoms with Crippen molar-refractivity contribution in [2.45, 2.75) is 125 Å². The van der Waals surface area contributed by atoms with Crippen LogP contribution >= 0.6 is 0 Å². The van der Waals surface area contributed by atoms with Gasteiger partial charge in [-0.2, -0.15) is 0 Å². The second kappa shape index (κ2) is 8.71. The van der Waals surface area contributed by atoms with Crippen LogP contribution in [0.15, 0.2) is 6.07 Å². The molecule has 0 amide bonds. The summed E-state index contributed by atoms with van der Waals surface area (Å²) in [7, 11) is 0. The Morgan fingerprint density at radius 1 is 0.778 bits per heavy atom. The van der Waals surface area contributed by atoms with Gasteiger partial charge in [-0.3, -0.25) is 0 Å². The monoisotopic (exact) mass is 368 g/mol. The molecule has 0 N–H and O–H groups in total. The molecule has 0 heteroatoms. The zero-order chi connectivity index (χ0) is 19.5. The molecular weight excluding hydrogens is 324 g/mol. The average Bonchev–Trinajstić information content (AvgIpc) is 3.56. The minimum absolute atomic E-state index is 0.745. The summed E-state index contributed by atoms with van der Waals surface area (Å²) < 4.78 is 0. The van der Waals surface area contributed by atoms with Crippen molar-refractivity contribution in [3.05, 3.63) is 33.9 Å². The van der Waals surface area contributed by atoms with Gasteiger partial charge in [0.15, 0.2) is 0 Å². The molecule has 3 rings (SSSR count). The Hall–Kier alpha value is -0.780. The van der Waals surface area contributed by atoms with E-state index in [9.17, 15) is 0 Å². The van der Waals surface area contributed by atoms with E-state index in [1.54, 1.807) is 27.8 Å². The Labute approximate surface area is 169 Å². The fourth-order valence-electron chi connectivity index (χ4n) is 5.15. The first kappa shape index (κ1) is 20.9. The molecule has 27 heavy (non-hydrogen) atoms. The van der Waals surface area contributed by atoms with Gasteiger partial charge in [-0.05, 0) is 124 Å². The lowest BCUT2D eigenvalue weighted by molar-refractivity contribution is 0.433. The first-order chi connectivity index (χ1) is 12.9. The van der Waals surface area contributed by atoms with Gasteiger partial charge in [0, 0.05) is 0 Å². The number of benzene rings is 1. The van der Waals surface area contributed by atoms with Gasteiger partial charge >= 0.3 is 0 Å². The zero-order valence-corrected chi connectivity index (χ0v) is 19.0. The molecule has 2 fully saturated rings. The highest BCUT2D eigenvalue weighted by Crippen LogP contribution is 2.52. The Kier molecular flexibility index (Phi) is 6.75. The number of rotatable bonds is 12. The van der Waals surface area contributed by atoms with E-state index in [1.807, 2.05) is 0 Å². The largest absolute Gasteiger partial charge is 0.0649 e. The Morgan fingerprint density at radius 2 is 1.48 bits per heavy atom. The summed E-state index contributed by atoms with van der Waals surface area (Å²) in [5.74, 6) is 0. The molecule has 0 spiro atoms. The van der Waals surface area contributed by atoms with Crippen LogP contribution in [0.1, 0.15) is 119 Å². The summed E-state index contributed by atoms with van der Waals surface area (Å²) in [5, 5.41) is 0. The van der Waals surface area contributed by atoms with Crippen molar-refractivity contribution in [3.8, 4) is 0 Å². The van der Waals surface area contributed by atoms with E-state index in [0.29, 0.717) is 0 Å². The van der Waals surface area contributed by atoms with Crippen LogP contribution in [-0.4, -0.2) is 0 Å². The van der Waals surface area contributed by atoms with Crippen LogP contribution in [0.3, 0.4) is 0 Å². The van der Waals surface area contributed by atoms with Crippen molar-refractivity contribution in [2.75, 3.05) is 0 Å². The van der Waals surface area contributed by atoms with Crippen LogP contribution in [0.25, 0.3) is 0 Å². The highest BCUT2D eigenvalue weighted by molar-refractivity contribution is 5.44. The van der Waals surface area contributed by atoms with Crippen LogP contribution in [0.2, 0.25) is 0 Å². The van der Waals surface area contributed by atoms with Crippen molar-refractivity contribution in [1.82, 2.24) is 0 Å². The molecule has 0 saturated heterocycles. The van der Waals surface area contributed by atoms with Crippen LogP contribution in [0.5, 0.6) is 0 Å². The standard InChI is InChI=1S/C27H44/c1-6-27(18-19-27)15-11-12-24-20-21(2)25(23(4)22(24)3)13-9-7-8-10-14-26(5)16-17-26/h20H,6-19H2,1-5H3. The van der Waals surface area contributed by atoms with Gasteiger partial charge in [-0.15, -0.1) is 0 Å². The van der Waals surface area contributed by atoms with Gasteiger partial charge < -0.3 is 0 Å². The predicted octanol–water partition coefficient (Wildman–Crippen LogP) is 8.42. The van der Waals surface area contributed by atoms with Crippen LogP contribution in [-0.2, 0) is 12.8 Å². The van der Waals surface area contributed by atoms with Crippen molar-refractivity contribution in [3.63, 3.8) is 0 Å². The lowest BCUT2D eigenvalue weighted by Gasteiger charge is -2.18. The van der Waals surface area contributed by atoms with Crippen molar-refractivity contribution in [1.29, 1.82) is 0 Å². The highest BCUT2D eigenvalue weighted by Gasteiger charge is 2.39. The maximum atomic E-state index is 2.52. The van der Waals surface area contributed by atoms with Crippen molar-refractivity contribution >= 4 is 0 Å². The first-order valence-electron chi connectivity index (χ1n) is 12.0. The fraction of sp³-hybridized carbons (Fsp3) is 0.778. The third kappa shape index (κ3) is 5.61. The summed E-state index contributed by atoms with van der Waals surface area (Å²) in [5.41, 5.74) is 9.49. The number of aryl methyl sites for hydroxylation is 2. The number of hydrogen-bond donors (Lipinski definition) is 0. The van der Waals surface area contributed by atoms with Gasteiger partial charge in [0.2, 0.25) is 0 Å². The average molecular weight is 369 g/mol. The van der Waals surface area contributed by atoms with Gasteiger partial charge in [-0.25, -0.2) is 0 Å². The van der Waals surface area contributed by atoms with E-state index >= 15 is 0 Å². The van der Waals surface area contributed by atoms with Gasteiger partial charge in [0.25, 0.3) is 0 Å². The summed E-state index contributed by atoms with van der Waals surface area (Å²) >= 11 is 0. The highest BCUT2D eigenvalue weighted by atomic mass is 14.4. The lowest BCUT2D eigenvalue weighted by Crippen LogP contribution is -2.04. The van der Waals surface area contributed by atoms with E-state index in [1.165, 1.54) is 89.9 Å². The molecule has 0 aromatic heterocycles. The second-order valence-corrected chi connectivity index (χ2v) is 10.5. The van der Waals surface area contributed by atoms with E-state index in [2.05, 4.69) is 40.7 Å². The molecule has 0 atom stereocenters. The van der Waals surface area contributed by atoms with E-state index in [0.717, 1.165) is 10.8 Å². The molecule has 2 saturated carbocycles. The second-order valence-electron chi connectivity index (χ2n) is 10.5. The molecule has 0 heterocycles. The minimum Gasteiger partial charge on any atom is -0.0649 e. The molecule has 152 valence electrons. The predicted molar refractivity (Wildman–Crippen MR) is 120 cm³/mol. The molecule has 0 nitrogen and oxygen atoms in total. The lowest BCUT2D eigenvalue weighted by atomic mass is 9.87. The normalized spacial score (nSPS) is 19.3. The summed E-state index contributed by atoms with van der Waals surface area (Å²) in [6.45, 7) is 12.0. The molecule has 2 aliphatic rings. The summed E-state index contributed by atoms with van der Waals surface area (Å²) in [6.07, 6.45) is 19.9. The molecule has 0 bridgehead atoms. The smallest absolute Gasteiger partial charge is 0.0274 e. The van der Waals surface area contributed by atoms with Crippen LogP contribution in [0, 0.1) is 31.6 Å². The third-order valence-electron chi connectivity index (χ3n) is 8.28. The number of hydrogen-bond acceptors (Lipinski definition) is 0. The van der Waals surface area contributed by atoms with E-state index < -0.39 is 0 Å². The van der Waals surface area contributed by atoms with Gasteiger partial charge in [-0.1, -0.05) is 45.6 Å². The van der Waals surface area contributed by atoms with Crippen molar-refractivity contribution in [2.24, 2.45) is 10.8 Å². The Balaban J connectivity index is 1.45. The van der Waals surface area contributed by atoms with Crippen molar-refractivity contribution < 1.29 is 0 Å². The molecular formula is C27H44. The molecule has 2 aliphatic carbocycles. The molecule has 0 unspecified atom stereocenters. The molecule has 1 aromatic rings. The Bertz CT molecular complexity index is 628. The maximum Gasteiger partial charge on any atom is -0.0274 e. The minimum atomic E-state index is 0.745. The van der Waals surface area contributed by atoms with Gasteiger partial charge in [0.1, 0.15) is 0 Å². The maximum absolute atomic E-state index is 2.52. The SMILES string of the molecule is CCC1(CCCc2cc(C)c(CCCCCCC3(C)CC3)c(C)c2C)CC1. The molecule has 0 radical (unpaired) electrons. The van der Waals surface area contributed by atoms with Crippen LogP contribution < -0.4 is 0 Å². The topological polar surface area (TPSA) is 0 Å². The summed E-state index contributed by atoms with van der Waals surface area (Å²) in [6, 6.07) is 2.52. The quantitative estimate of drug-likeness (QED) is 0.325. The summed E-state index contributed by atoms with van der Waals surface area (Å²) in [4.78, 5) is 0. The Morgan fingerprint density at radius 3 is 2.11 bits per heavy atom. The van der Waals surface area contributed by atoms with E-state index in [4.69, 9.17) is 0 Å². The third-order valence-corrected chi connectivity index (χ3v) is 8.28. The molecule has 0 aliphatic heterocycles. The van der Waals surface area contributed by atoms with E-state index in [-0.39, 0.29) is 0 Å². The fourth-order valence-corrected chi connectivity index (χ4v) is 5.15. The number of unbranched alkanes of at least 4 members (excludes halogenated alkanes) is 3. The molecule has 1 aromatic carbocycles.